The van der Waals surface area contributed by atoms with Crippen LogP contribution in [0.2, 0.25) is 0 Å². The van der Waals surface area contributed by atoms with Gasteiger partial charge in [0.2, 0.25) is 0 Å². The van der Waals surface area contributed by atoms with Crippen LogP contribution in [-0.4, -0.2) is 28.1 Å². The molecule has 0 amide bonds. The monoisotopic (exact) mass is 316 g/mol. The highest BCUT2D eigenvalue weighted by Gasteiger charge is 2.20. The fourth-order valence-electron chi connectivity index (χ4n) is 1.70. The molecule has 100 valence electrons. The van der Waals surface area contributed by atoms with Crippen molar-refractivity contribution < 1.29 is 19.7 Å². The van der Waals surface area contributed by atoms with E-state index in [1.54, 1.807) is 12.1 Å². The number of rotatable bonds is 7. The quantitative estimate of drug-likeness (QED) is 0.759. The van der Waals surface area contributed by atoms with Gasteiger partial charge in [-0.2, -0.15) is 0 Å². The summed E-state index contributed by atoms with van der Waals surface area (Å²) in [5, 5.41) is 19.4. The Morgan fingerprint density at radius 2 is 2.22 bits per heavy atom. The minimum absolute atomic E-state index is 0.411. The summed E-state index contributed by atoms with van der Waals surface area (Å²) >= 11 is 3.33. The number of aliphatic hydroxyl groups is 1. The van der Waals surface area contributed by atoms with Crippen molar-refractivity contribution in [3.05, 3.63) is 29.3 Å². The van der Waals surface area contributed by atoms with E-state index in [-0.39, 0.29) is 0 Å². The summed E-state index contributed by atoms with van der Waals surface area (Å²) in [7, 11) is 0. The molecule has 1 unspecified atom stereocenters. The van der Waals surface area contributed by atoms with Gasteiger partial charge >= 0.3 is 5.97 Å². The fraction of sp³-hybridized carbons (Fsp3) is 0.462. The van der Waals surface area contributed by atoms with Gasteiger partial charge in [-0.15, -0.1) is 0 Å². The zero-order valence-corrected chi connectivity index (χ0v) is 11.8. The maximum atomic E-state index is 10.9. The van der Waals surface area contributed by atoms with Crippen LogP contribution in [0.5, 0.6) is 5.75 Å². The molecule has 0 saturated carbocycles. The maximum Gasteiger partial charge on any atom is 0.337 e. The molecule has 0 spiro atoms. The van der Waals surface area contributed by atoms with Gasteiger partial charge in [0.1, 0.15) is 5.75 Å². The second-order valence-electron chi connectivity index (χ2n) is 3.83. The second-order valence-corrected chi connectivity index (χ2v) is 4.62. The lowest BCUT2D eigenvalue weighted by Crippen LogP contribution is -2.13. The van der Waals surface area contributed by atoms with E-state index in [2.05, 4.69) is 15.9 Å². The number of hydrogen-bond acceptors (Lipinski definition) is 3. The lowest BCUT2D eigenvalue weighted by molar-refractivity contribution is -0.147. The van der Waals surface area contributed by atoms with E-state index in [1.165, 1.54) is 0 Å². The molecule has 1 aromatic carbocycles. The molecule has 18 heavy (non-hydrogen) atoms. The number of aryl methyl sites for hydroxylation is 1. The Morgan fingerprint density at radius 1 is 1.50 bits per heavy atom. The molecule has 0 aliphatic rings. The molecule has 4 nitrogen and oxygen atoms in total. The Morgan fingerprint density at radius 3 is 2.78 bits per heavy atom. The second kappa shape index (κ2) is 7.38. The van der Waals surface area contributed by atoms with Crippen LogP contribution in [0, 0.1) is 0 Å². The van der Waals surface area contributed by atoms with Crippen molar-refractivity contribution in [3.8, 4) is 5.75 Å². The lowest BCUT2D eigenvalue weighted by atomic mass is 9.98. The van der Waals surface area contributed by atoms with E-state index >= 15 is 0 Å². The molecule has 0 aliphatic carbocycles. The van der Waals surface area contributed by atoms with Crippen molar-refractivity contribution in [2.75, 3.05) is 11.9 Å². The summed E-state index contributed by atoms with van der Waals surface area (Å²) in [5.41, 5.74) is 1.25. The minimum atomic E-state index is -1.50. The number of aliphatic carboxylic acids is 1. The molecule has 0 saturated heterocycles. The molecule has 5 heteroatoms. The normalized spacial score (nSPS) is 12.2. The third-order valence-electron chi connectivity index (χ3n) is 2.54. The van der Waals surface area contributed by atoms with Gasteiger partial charge in [0.15, 0.2) is 6.10 Å². The predicted octanol–water partition coefficient (Wildman–Crippen LogP) is 2.53. The van der Waals surface area contributed by atoms with Crippen LogP contribution in [0.1, 0.15) is 30.6 Å². The first-order chi connectivity index (χ1) is 8.60. The summed E-state index contributed by atoms with van der Waals surface area (Å²) in [5.74, 6) is -0.667. The van der Waals surface area contributed by atoms with E-state index in [0.717, 1.165) is 23.7 Å². The summed E-state index contributed by atoms with van der Waals surface area (Å²) < 4.78 is 5.32. The number of carboxylic acids is 1. The van der Waals surface area contributed by atoms with E-state index in [9.17, 15) is 9.90 Å². The van der Waals surface area contributed by atoms with Gasteiger partial charge in [0.05, 0.1) is 6.61 Å². The number of hydrogen-bond donors (Lipinski definition) is 2. The van der Waals surface area contributed by atoms with Crippen LogP contribution < -0.4 is 4.74 Å². The number of halogens is 1. The maximum absolute atomic E-state index is 10.9. The number of carboxylic acid groups (broad SMARTS) is 1. The van der Waals surface area contributed by atoms with Crippen LogP contribution in [-0.2, 0) is 11.2 Å². The fourth-order valence-corrected chi connectivity index (χ4v) is 1.98. The number of aliphatic hydroxyl groups excluding tert-OH is 1. The standard InChI is InChI=1S/C13H17BrO4/c1-2-18-10-6-5-9(4-3-7-14)11(8-10)12(15)13(16)17/h5-6,8,12,15H,2-4,7H2,1H3,(H,16,17). The van der Waals surface area contributed by atoms with E-state index in [1.807, 2.05) is 13.0 Å². The van der Waals surface area contributed by atoms with Crippen molar-refractivity contribution in [2.45, 2.75) is 25.9 Å². The zero-order chi connectivity index (χ0) is 13.5. The highest BCUT2D eigenvalue weighted by molar-refractivity contribution is 9.09. The first-order valence-corrected chi connectivity index (χ1v) is 6.94. The SMILES string of the molecule is CCOc1ccc(CCCBr)c(C(O)C(=O)O)c1. The highest BCUT2D eigenvalue weighted by Crippen LogP contribution is 2.25. The van der Waals surface area contributed by atoms with Gasteiger partial charge in [-0.25, -0.2) is 4.79 Å². The lowest BCUT2D eigenvalue weighted by Gasteiger charge is -2.14. The Bertz CT molecular complexity index is 406. The molecule has 1 atom stereocenters. The topological polar surface area (TPSA) is 66.8 Å². The average Bonchev–Trinajstić information content (AvgIpc) is 2.36. The van der Waals surface area contributed by atoms with Crippen LogP contribution in [0.15, 0.2) is 18.2 Å². The zero-order valence-electron chi connectivity index (χ0n) is 10.2. The Labute approximate surface area is 115 Å². The average molecular weight is 317 g/mol. The van der Waals surface area contributed by atoms with Crippen LogP contribution in [0.3, 0.4) is 0 Å². The van der Waals surface area contributed by atoms with Gasteiger partial charge in [0.25, 0.3) is 0 Å². The molecule has 0 heterocycles. The van der Waals surface area contributed by atoms with Gasteiger partial charge in [-0.3, -0.25) is 0 Å². The number of ether oxygens (including phenoxy) is 1. The Balaban J connectivity index is 3.04. The summed E-state index contributed by atoms with van der Waals surface area (Å²) in [6, 6.07) is 5.21. The molecule has 1 rings (SSSR count). The molecule has 1 aromatic rings. The Hall–Kier alpha value is -1.07. The molecule has 2 N–H and O–H groups in total. The summed E-state index contributed by atoms with van der Waals surface area (Å²) in [6.45, 7) is 2.36. The third kappa shape index (κ3) is 3.99. The van der Waals surface area contributed by atoms with Crippen LogP contribution in [0.4, 0.5) is 0 Å². The number of benzene rings is 1. The molecule has 0 aromatic heterocycles. The van der Waals surface area contributed by atoms with Crippen molar-refractivity contribution in [1.29, 1.82) is 0 Å². The third-order valence-corrected chi connectivity index (χ3v) is 3.10. The van der Waals surface area contributed by atoms with E-state index in [4.69, 9.17) is 9.84 Å². The summed E-state index contributed by atoms with van der Waals surface area (Å²) in [6.07, 6.45) is 0.0979. The minimum Gasteiger partial charge on any atom is -0.494 e. The van der Waals surface area contributed by atoms with Gasteiger partial charge < -0.3 is 14.9 Å². The van der Waals surface area contributed by atoms with Gasteiger partial charge in [0, 0.05) is 5.33 Å². The molecular formula is C13H17BrO4. The van der Waals surface area contributed by atoms with Crippen LogP contribution >= 0.6 is 15.9 Å². The van der Waals surface area contributed by atoms with Crippen molar-refractivity contribution in [1.82, 2.24) is 0 Å². The number of alkyl halides is 1. The smallest absolute Gasteiger partial charge is 0.337 e. The molecular weight excluding hydrogens is 300 g/mol. The molecule has 0 bridgehead atoms. The highest BCUT2D eigenvalue weighted by atomic mass is 79.9. The molecule has 0 aliphatic heterocycles. The summed E-state index contributed by atoms with van der Waals surface area (Å²) in [4.78, 5) is 10.9. The first-order valence-electron chi connectivity index (χ1n) is 5.82. The van der Waals surface area contributed by atoms with Crippen molar-refractivity contribution in [2.24, 2.45) is 0 Å². The van der Waals surface area contributed by atoms with Crippen molar-refractivity contribution >= 4 is 21.9 Å². The largest absolute Gasteiger partial charge is 0.494 e. The first kappa shape index (κ1) is 15.0. The van der Waals surface area contributed by atoms with E-state index < -0.39 is 12.1 Å². The molecule has 0 fully saturated rings. The van der Waals surface area contributed by atoms with Gasteiger partial charge in [-0.05, 0) is 43.0 Å². The molecule has 0 radical (unpaired) electrons. The predicted molar refractivity (Wildman–Crippen MR) is 72.3 cm³/mol. The van der Waals surface area contributed by atoms with Crippen LogP contribution in [0.25, 0.3) is 0 Å². The van der Waals surface area contributed by atoms with E-state index in [0.29, 0.717) is 17.9 Å². The van der Waals surface area contributed by atoms with Crippen molar-refractivity contribution in [3.63, 3.8) is 0 Å². The van der Waals surface area contributed by atoms with Gasteiger partial charge in [-0.1, -0.05) is 22.0 Å². The number of carbonyl (C=O) groups is 1. The Kier molecular flexibility index (Phi) is 6.15.